The Morgan fingerprint density at radius 3 is 1.19 bits per heavy atom. The van der Waals surface area contributed by atoms with Crippen LogP contribution in [0.15, 0.2) is 35.2 Å². The van der Waals surface area contributed by atoms with Gasteiger partial charge < -0.3 is 4.55 Å². The molecule has 0 aliphatic rings. The minimum Gasteiger partial charge on any atom is -0.744 e. The van der Waals surface area contributed by atoms with E-state index in [-0.39, 0.29) is 34.5 Å². The zero-order valence-electron chi connectivity index (χ0n) is 28.4. The molecule has 240 valence electrons. The number of rotatable bonds is 27. The largest absolute Gasteiger partial charge is 1.00 e. The summed E-state index contributed by atoms with van der Waals surface area (Å²) in [6.07, 6.45) is 32.8. The van der Waals surface area contributed by atoms with E-state index in [2.05, 4.69) is 19.9 Å². The van der Waals surface area contributed by atoms with Crippen molar-refractivity contribution in [3.8, 4) is 0 Å². The fourth-order valence-electron chi connectivity index (χ4n) is 6.49. The van der Waals surface area contributed by atoms with Gasteiger partial charge in [0.1, 0.15) is 10.1 Å². The third-order valence-electron chi connectivity index (χ3n) is 9.01. The summed E-state index contributed by atoms with van der Waals surface area (Å²) in [5.74, 6) is 0. The number of benzene rings is 2. The summed E-state index contributed by atoms with van der Waals surface area (Å²) in [5.41, 5.74) is 1.95. The maximum absolute atomic E-state index is 12.4. The Balaban J connectivity index is 0.00000924. The maximum Gasteiger partial charge on any atom is 1.00 e. The summed E-state index contributed by atoms with van der Waals surface area (Å²) >= 11 is 0. The van der Waals surface area contributed by atoms with E-state index < -0.39 is 10.1 Å². The van der Waals surface area contributed by atoms with Gasteiger partial charge in [-0.2, -0.15) is 0 Å². The first-order valence-corrected chi connectivity index (χ1v) is 19.4. The molecule has 5 heteroatoms. The summed E-state index contributed by atoms with van der Waals surface area (Å²) in [4.78, 5) is 0.0274. The van der Waals surface area contributed by atoms with Crippen LogP contribution in [-0.4, -0.2) is 13.0 Å². The molecule has 0 heterocycles. The molecule has 3 nitrogen and oxygen atoms in total. The summed E-state index contributed by atoms with van der Waals surface area (Å²) in [5, 5.41) is 1.56. The predicted molar refractivity (Wildman–Crippen MR) is 181 cm³/mol. The third-order valence-corrected chi connectivity index (χ3v) is 9.99. The van der Waals surface area contributed by atoms with Gasteiger partial charge in [0, 0.05) is 0 Å². The molecule has 0 fully saturated rings. The topological polar surface area (TPSA) is 57.2 Å². The van der Waals surface area contributed by atoms with Gasteiger partial charge in [0.05, 0.1) is 4.90 Å². The first-order chi connectivity index (χ1) is 20.5. The molecule has 0 saturated carbocycles. The smallest absolute Gasteiger partial charge is 0.744 e. The van der Waals surface area contributed by atoms with Crippen LogP contribution in [0.3, 0.4) is 0 Å². The molecule has 0 amide bonds. The second kappa shape index (κ2) is 25.8. The number of hydrogen-bond donors (Lipinski definition) is 0. The molecule has 0 radical (unpaired) electrons. The van der Waals surface area contributed by atoms with E-state index >= 15 is 0 Å². The first-order valence-electron chi connectivity index (χ1n) is 18.0. The molecular formula is C38H63NaO3S. The minimum atomic E-state index is -4.54. The van der Waals surface area contributed by atoms with Crippen molar-refractivity contribution in [2.45, 2.75) is 186 Å². The van der Waals surface area contributed by atoms with E-state index in [9.17, 15) is 13.0 Å². The van der Waals surface area contributed by atoms with Crippen molar-refractivity contribution in [2.24, 2.45) is 0 Å². The second-order valence-electron chi connectivity index (χ2n) is 12.8. The summed E-state index contributed by atoms with van der Waals surface area (Å²) in [6, 6.07) is 9.70. The van der Waals surface area contributed by atoms with Crippen LogP contribution >= 0.6 is 0 Å². The molecule has 0 aliphatic carbocycles. The van der Waals surface area contributed by atoms with E-state index in [0.29, 0.717) is 11.8 Å². The van der Waals surface area contributed by atoms with Gasteiger partial charge in [-0.05, 0) is 47.6 Å². The van der Waals surface area contributed by atoms with Crippen molar-refractivity contribution in [2.75, 3.05) is 0 Å². The summed E-state index contributed by atoms with van der Waals surface area (Å²) < 4.78 is 37.2. The van der Waals surface area contributed by atoms with Gasteiger partial charge in [-0.25, -0.2) is 8.42 Å². The van der Waals surface area contributed by atoms with E-state index in [1.54, 1.807) is 0 Å². The molecule has 0 N–H and O–H groups in total. The van der Waals surface area contributed by atoms with Gasteiger partial charge in [-0.3, -0.25) is 0 Å². The molecule has 2 aromatic rings. The minimum absolute atomic E-state index is 0. The zero-order valence-corrected chi connectivity index (χ0v) is 31.2. The van der Waals surface area contributed by atoms with Crippen molar-refractivity contribution in [1.82, 2.24) is 0 Å². The summed E-state index contributed by atoms with van der Waals surface area (Å²) in [7, 11) is -4.54. The third kappa shape index (κ3) is 17.8. The number of hydrogen-bond acceptors (Lipinski definition) is 3. The standard InChI is InChI=1S/C38H64O3S.Na/c1-3-5-7-9-11-13-15-17-19-21-23-25-29-34-33-35(38(42(39,40)41)37-32-28-27-31-36(34)37)30-26-24-22-20-18-16-14-12-10-8-6-4-2;/h27-28,31-33H,3-26,29-30H2,1-2H3,(H,39,40,41);/q;+1/p-1. The van der Waals surface area contributed by atoms with Crippen molar-refractivity contribution < 1.29 is 42.5 Å². The van der Waals surface area contributed by atoms with Crippen LogP contribution in [-0.2, 0) is 23.0 Å². The van der Waals surface area contributed by atoms with E-state index in [4.69, 9.17) is 0 Å². The molecule has 0 spiro atoms. The molecule has 0 saturated heterocycles. The van der Waals surface area contributed by atoms with Crippen LogP contribution in [0.1, 0.15) is 179 Å². The van der Waals surface area contributed by atoms with Gasteiger partial charge in [0.25, 0.3) is 0 Å². The van der Waals surface area contributed by atoms with Crippen LogP contribution in [0.5, 0.6) is 0 Å². The Morgan fingerprint density at radius 2 is 0.814 bits per heavy atom. The second-order valence-corrected chi connectivity index (χ2v) is 14.1. The molecule has 43 heavy (non-hydrogen) atoms. The monoisotopic (exact) mass is 622 g/mol. The van der Waals surface area contributed by atoms with E-state index in [1.165, 1.54) is 140 Å². The summed E-state index contributed by atoms with van der Waals surface area (Å²) in [6.45, 7) is 4.54. The Morgan fingerprint density at radius 1 is 0.488 bits per heavy atom. The first kappa shape index (κ1) is 40.6. The molecule has 0 bridgehead atoms. The fourth-order valence-corrected chi connectivity index (χ4v) is 7.42. The normalized spacial score (nSPS) is 11.7. The average molecular weight is 623 g/mol. The van der Waals surface area contributed by atoms with E-state index in [0.717, 1.165) is 36.6 Å². The maximum atomic E-state index is 12.4. The van der Waals surface area contributed by atoms with E-state index in [1.807, 2.05) is 24.3 Å². The van der Waals surface area contributed by atoms with Gasteiger partial charge >= 0.3 is 29.6 Å². The van der Waals surface area contributed by atoms with Crippen LogP contribution in [0.2, 0.25) is 0 Å². The molecule has 0 aliphatic heterocycles. The molecule has 0 aromatic heterocycles. The van der Waals surface area contributed by atoms with Gasteiger partial charge in [0.2, 0.25) is 0 Å². The molecule has 0 unspecified atom stereocenters. The number of unbranched alkanes of at least 4 members (excludes halogenated alkanes) is 22. The average Bonchev–Trinajstić information content (AvgIpc) is 2.97. The van der Waals surface area contributed by atoms with Crippen molar-refractivity contribution >= 4 is 20.9 Å². The quantitative estimate of drug-likeness (QED) is 0.0567. The van der Waals surface area contributed by atoms with Crippen LogP contribution in [0.25, 0.3) is 10.8 Å². The van der Waals surface area contributed by atoms with Crippen molar-refractivity contribution in [1.29, 1.82) is 0 Å². The number of aryl methyl sites for hydroxylation is 2. The molecule has 2 aromatic carbocycles. The van der Waals surface area contributed by atoms with Crippen LogP contribution in [0.4, 0.5) is 0 Å². The predicted octanol–water partition coefficient (Wildman–Crippen LogP) is 9.24. The molecule has 2 rings (SSSR count). The fraction of sp³-hybridized carbons (Fsp3) is 0.737. The molecule has 0 atom stereocenters. The Hall–Kier alpha value is -0.390. The molecular weight excluding hydrogens is 559 g/mol. The van der Waals surface area contributed by atoms with Crippen LogP contribution in [0, 0.1) is 0 Å². The number of fused-ring (bicyclic) bond motifs is 1. The van der Waals surface area contributed by atoms with Gasteiger partial charge in [-0.15, -0.1) is 0 Å². The Labute approximate surface area is 288 Å². The van der Waals surface area contributed by atoms with Crippen molar-refractivity contribution in [3.63, 3.8) is 0 Å². The van der Waals surface area contributed by atoms with Crippen molar-refractivity contribution in [3.05, 3.63) is 41.5 Å². The Bertz CT molecular complexity index is 1070. The van der Waals surface area contributed by atoms with Crippen LogP contribution < -0.4 is 29.6 Å². The van der Waals surface area contributed by atoms with Gasteiger partial charge in [-0.1, -0.05) is 185 Å². The SMILES string of the molecule is CCCCCCCCCCCCCCc1cc(CCCCCCCCCCCCCC)c2ccccc2c1S(=O)(=O)[O-].[Na+]. The zero-order chi connectivity index (χ0) is 30.3. The van der Waals surface area contributed by atoms with Gasteiger partial charge in [0.15, 0.2) is 0 Å². The Kier molecular flexibility index (Phi) is 24.3.